The number of piperazine rings is 1. The van der Waals surface area contributed by atoms with Gasteiger partial charge in [0, 0.05) is 50.8 Å². The summed E-state index contributed by atoms with van der Waals surface area (Å²) in [6, 6.07) is 1.99. The summed E-state index contributed by atoms with van der Waals surface area (Å²) in [5.41, 5.74) is 1.19. The predicted molar refractivity (Wildman–Crippen MR) is 90.5 cm³/mol. The summed E-state index contributed by atoms with van der Waals surface area (Å²) in [7, 11) is 0. The van der Waals surface area contributed by atoms with Gasteiger partial charge in [-0.2, -0.15) is 4.98 Å². The topological polar surface area (TPSA) is 57.2 Å². The van der Waals surface area contributed by atoms with Crippen molar-refractivity contribution >= 4 is 23.1 Å². The average Bonchev–Trinajstić information content (AvgIpc) is 2.94. The van der Waals surface area contributed by atoms with E-state index in [2.05, 4.69) is 49.3 Å². The van der Waals surface area contributed by atoms with E-state index in [1.54, 1.807) is 11.3 Å². The van der Waals surface area contributed by atoms with Crippen molar-refractivity contribution in [3.8, 4) is 0 Å². The Morgan fingerprint density at radius 2 is 2.05 bits per heavy atom. The van der Waals surface area contributed by atoms with E-state index in [1.807, 2.05) is 12.3 Å². The Kier molecular flexibility index (Phi) is 4.84. The second-order valence-corrected chi connectivity index (χ2v) is 6.45. The van der Waals surface area contributed by atoms with Crippen LogP contribution in [0.4, 0.5) is 11.8 Å². The molecule has 1 N–H and O–H groups in total. The molecule has 0 atom stereocenters. The van der Waals surface area contributed by atoms with Crippen LogP contribution in [0, 0.1) is 6.92 Å². The molecule has 0 bridgehead atoms. The monoisotopic (exact) mass is 318 g/mol. The molecule has 1 fully saturated rings. The summed E-state index contributed by atoms with van der Waals surface area (Å²) in [5.74, 6) is 1.72. The van der Waals surface area contributed by atoms with E-state index in [4.69, 9.17) is 0 Å². The molecule has 22 heavy (non-hydrogen) atoms. The highest BCUT2D eigenvalue weighted by molar-refractivity contribution is 7.09. The Bertz CT molecular complexity index is 606. The average molecular weight is 318 g/mol. The van der Waals surface area contributed by atoms with Crippen molar-refractivity contribution < 1.29 is 0 Å². The Balaban J connectivity index is 1.56. The number of nitrogens with zero attached hydrogens (tertiary/aromatic N) is 5. The van der Waals surface area contributed by atoms with Crippen molar-refractivity contribution in [3.63, 3.8) is 0 Å². The molecule has 0 saturated carbocycles. The lowest BCUT2D eigenvalue weighted by atomic mass is 10.3. The molecule has 7 heteroatoms. The minimum atomic E-state index is 0.709. The van der Waals surface area contributed by atoms with Crippen LogP contribution in [0.15, 0.2) is 17.6 Å². The van der Waals surface area contributed by atoms with E-state index in [1.165, 1.54) is 5.69 Å². The van der Waals surface area contributed by atoms with Crippen molar-refractivity contribution in [1.82, 2.24) is 19.9 Å². The van der Waals surface area contributed by atoms with E-state index in [0.29, 0.717) is 5.95 Å². The first kappa shape index (κ1) is 15.2. The van der Waals surface area contributed by atoms with E-state index in [9.17, 15) is 0 Å². The summed E-state index contributed by atoms with van der Waals surface area (Å²) >= 11 is 1.72. The van der Waals surface area contributed by atoms with E-state index >= 15 is 0 Å². The zero-order valence-corrected chi connectivity index (χ0v) is 13.9. The highest BCUT2D eigenvalue weighted by atomic mass is 32.1. The number of rotatable bonds is 5. The van der Waals surface area contributed by atoms with Gasteiger partial charge in [-0.3, -0.25) is 4.90 Å². The fourth-order valence-electron chi connectivity index (χ4n) is 2.61. The molecule has 2 aromatic rings. The van der Waals surface area contributed by atoms with Gasteiger partial charge in [0.05, 0.1) is 10.7 Å². The molecule has 6 nitrogen and oxygen atoms in total. The minimum absolute atomic E-state index is 0.709. The van der Waals surface area contributed by atoms with E-state index < -0.39 is 0 Å². The second-order valence-electron chi connectivity index (χ2n) is 5.39. The lowest BCUT2D eigenvalue weighted by Crippen LogP contribution is -2.46. The van der Waals surface area contributed by atoms with Crippen LogP contribution in [0.5, 0.6) is 0 Å². The zero-order valence-electron chi connectivity index (χ0n) is 13.1. The van der Waals surface area contributed by atoms with Gasteiger partial charge in [-0.1, -0.05) is 0 Å². The zero-order chi connectivity index (χ0) is 15.4. The minimum Gasteiger partial charge on any atom is -0.354 e. The fraction of sp³-hybridized carbons (Fsp3) is 0.533. The Morgan fingerprint density at radius 1 is 1.23 bits per heavy atom. The number of aryl methyl sites for hydroxylation is 1. The van der Waals surface area contributed by atoms with Gasteiger partial charge in [-0.15, -0.1) is 11.3 Å². The van der Waals surface area contributed by atoms with Crippen molar-refractivity contribution in [3.05, 3.63) is 28.3 Å². The van der Waals surface area contributed by atoms with Crippen LogP contribution in [0.3, 0.4) is 0 Å². The molecule has 0 amide bonds. The number of nitrogens with one attached hydrogen (secondary N) is 1. The van der Waals surface area contributed by atoms with Crippen molar-refractivity contribution in [2.45, 2.75) is 20.4 Å². The SMILES string of the molecule is CCNc1nccc(N2CCN(Cc3csc(C)n3)CC2)n1. The molecule has 0 aromatic carbocycles. The molecule has 2 aromatic heterocycles. The molecule has 0 aliphatic carbocycles. The van der Waals surface area contributed by atoms with Gasteiger partial charge in [0.15, 0.2) is 0 Å². The molecule has 118 valence electrons. The van der Waals surface area contributed by atoms with Gasteiger partial charge in [-0.25, -0.2) is 9.97 Å². The van der Waals surface area contributed by atoms with Gasteiger partial charge in [0.25, 0.3) is 0 Å². The van der Waals surface area contributed by atoms with Crippen molar-refractivity contribution in [1.29, 1.82) is 0 Å². The van der Waals surface area contributed by atoms with Gasteiger partial charge in [0.1, 0.15) is 5.82 Å². The van der Waals surface area contributed by atoms with Crippen molar-refractivity contribution in [2.75, 3.05) is 42.9 Å². The molecular weight excluding hydrogens is 296 g/mol. The van der Waals surface area contributed by atoms with Crippen LogP contribution in [0.2, 0.25) is 0 Å². The van der Waals surface area contributed by atoms with Crippen LogP contribution in [-0.4, -0.2) is 52.6 Å². The normalized spacial score (nSPS) is 16.0. The van der Waals surface area contributed by atoms with Gasteiger partial charge >= 0.3 is 0 Å². The summed E-state index contributed by atoms with van der Waals surface area (Å²) in [5, 5.41) is 6.47. The summed E-state index contributed by atoms with van der Waals surface area (Å²) in [6.45, 7) is 9.96. The number of hydrogen-bond acceptors (Lipinski definition) is 7. The lowest BCUT2D eigenvalue weighted by molar-refractivity contribution is 0.247. The highest BCUT2D eigenvalue weighted by Gasteiger charge is 2.19. The smallest absolute Gasteiger partial charge is 0.224 e. The third-order valence-electron chi connectivity index (χ3n) is 3.72. The number of hydrogen-bond donors (Lipinski definition) is 1. The molecule has 0 spiro atoms. The first-order chi connectivity index (χ1) is 10.7. The maximum Gasteiger partial charge on any atom is 0.224 e. The molecule has 1 aliphatic heterocycles. The number of aromatic nitrogens is 3. The third kappa shape index (κ3) is 3.72. The molecule has 0 radical (unpaired) electrons. The molecule has 3 rings (SSSR count). The second kappa shape index (κ2) is 7.02. The van der Waals surface area contributed by atoms with Crippen molar-refractivity contribution in [2.24, 2.45) is 0 Å². The maximum atomic E-state index is 4.57. The first-order valence-corrected chi connectivity index (χ1v) is 8.58. The van der Waals surface area contributed by atoms with Crippen LogP contribution >= 0.6 is 11.3 Å². The number of anilines is 2. The van der Waals surface area contributed by atoms with Crippen LogP contribution < -0.4 is 10.2 Å². The maximum absolute atomic E-state index is 4.57. The Morgan fingerprint density at radius 3 is 2.73 bits per heavy atom. The standard InChI is InChI=1S/C15H22N6S/c1-3-16-15-17-5-4-14(19-15)21-8-6-20(7-9-21)10-13-11-22-12(2)18-13/h4-5,11H,3,6-10H2,1-2H3,(H,16,17,19). The summed E-state index contributed by atoms with van der Waals surface area (Å²) in [4.78, 5) is 18.1. The molecule has 1 saturated heterocycles. The largest absolute Gasteiger partial charge is 0.354 e. The van der Waals surface area contributed by atoms with Crippen LogP contribution in [0.1, 0.15) is 17.6 Å². The predicted octanol–water partition coefficient (Wildman–Crippen LogP) is 2.00. The Labute approximate surface area is 135 Å². The van der Waals surface area contributed by atoms with Gasteiger partial charge < -0.3 is 10.2 Å². The van der Waals surface area contributed by atoms with Gasteiger partial charge in [-0.05, 0) is 19.9 Å². The first-order valence-electron chi connectivity index (χ1n) is 7.70. The van der Waals surface area contributed by atoms with E-state index in [-0.39, 0.29) is 0 Å². The summed E-state index contributed by atoms with van der Waals surface area (Å²) < 4.78 is 0. The third-order valence-corrected chi connectivity index (χ3v) is 4.55. The van der Waals surface area contributed by atoms with E-state index in [0.717, 1.165) is 50.1 Å². The Hall–Kier alpha value is -1.73. The quantitative estimate of drug-likeness (QED) is 0.910. The molecular formula is C15H22N6S. The molecule has 3 heterocycles. The van der Waals surface area contributed by atoms with Crippen LogP contribution in [0.25, 0.3) is 0 Å². The summed E-state index contributed by atoms with van der Waals surface area (Å²) in [6.07, 6.45) is 1.82. The molecule has 1 aliphatic rings. The van der Waals surface area contributed by atoms with Crippen LogP contribution in [-0.2, 0) is 6.54 Å². The van der Waals surface area contributed by atoms with Gasteiger partial charge in [0.2, 0.25) is 5.95 Å². The number of thiazole rings is 1. The highest BCUT2D eigenvalue weighted by Crippen LogP contribution is 2.16. The molecule has 0 unspecified atom stereocenters. The lowest BCUT2D eigenvalue weighted by Gasteiger charge is -2.35. The fourth-order valence-corrected chi connectivity index (χ4v) is 3.22.